The molecule has 0 aromatic heterocycles. The Balaban J connectivity index is 2.52. The summed E-state index contributed by atoms with van der Waals surface area (Å²) in [6.07, 6.45) is 0. The Morgan fingerprint density at radius 3 is 2.11 bits per heavy atom. The third-order valence-electron chi connectivity index (χ3n) is 3.82. The van der Waals surface area contributed by atoms with Crippen LogP contribution in [0.3, 0.4) is 0 Å². The number of hydrogen-bond donors (Lipinski definition) is 1. The summed E-state index contributed by atoms with van der Waals surface area (Å²) in [5, 5.41) is 3.60. The third-order valence-corrected chi connectivity index (χ3v) is 3.82. The molecule has 0 fully saturated rings. The molecule has 1 aromatic rings. The SMILES string of the molecule is COc1ccc(C(C)NCC(C)C(C)(C)C)cc1. The van der Waals surface area contributed by atoms with Crippen molar-refractivity contribution in [3.63, 3.8) is 0 Å². The van der Waals surface area contributed by atoms with Crippen molar-refractivity contribution in [1.29, 1.82) is 0 Å². The lowest BCUT2D eigenvalue weighted by Gasteiger charge is -2.29. The molecule has 0 aliphatic carbocycles. The van der Waals surface area contributed by atoms with Crippen molar-refractivity contribution < 1.29 is 4.74 Å². The molecule has 0 aliphatic heterocycles. The summed E-state index contributed by atoms with van der Waals surface area (Å²) in [5.41, 5.74) is 1.66. The first-order valence-corrected chi connectivity index (χ1v) is 6.72. The third kappa shape index (κ3) is 4.34. The van der Waals surface area contributed by atoms with Crippen molar-refractivity contribution in [1.82, 2.24) is 5.32 Å². The summed E-state index contributed by atoms with van der Waals surface area (Å²) in [7, 11) is 1.70. The van der Waals surface area contributed by atoms with Crippen molar-refractivity contribution in [2.24, 2.45) is 11.3 Å². The molecule has 2 heteroatoms. The van der Waals surface area contributed by atoms with E-state index in [1.165, 1.54) is 5.56 Å². The van der Waals surface area contributed by atoms with Gasteiger partial charge in [0.2, 0.25) is 0 Å². The summed E-state index contributed by atoms with van der Waals surface area (Å²) in [5.74, 6) is 1.56. The molecule has 1 N–H and O–H groups in total. The summed E-state index contributed by atoms with van der Waals surface area (Å²) in [6, 6.07) is 8.65. The van der Waals surface area contributed by atoms with Crippen molar-refractivity contribution >= 4 is 0 Å². The maximum absolute atomic E-state index is 5.17. The highest BCUT2D eigenvalue weighted by atomic mass is 16.5. The van der Waals surface area contributed by atoms with Crippen LogP contribution < -0.4 is 10.1 Å². The highest BCUT2D eigenvalue weighted by Crippen LogP contribution is 2.25. The van der Waals surface area contributed by atoms with Crippen molar-refractivity contribution in [2.75, 3.05) is 13.7 Å². The number of hydrogen-bond acceptors (Lipinski definition) is 2. The van der Waals surface area contributed by atoms with Crippen molar-refractivity contribution in [2.45, 2.75) is 40.7 Å². The molecule has 0 spiro atoms. The van der Waals surface area contributed by atoms with Gasteiger partial charge in [-0.3, -0.25) is 0 Å². The zero-order valence-electron chi connectivity index (χ0n) is 12.6. The van der Waals surface area contributed by atoms with Crippen LogP contribution in [0.4, 0.5) is 0 Å². The molecular formula is C16H27NO. The summed E-state index contributed by atoms with van der Waals surface area (Å²) < 4.78 is 5.17. The first-order valence-electron chi connectivity index (χ1n) is 6.72. The van der Waals surface area contributed by atoms with Crippen molar-refractivity contribution in [3.05, 3.63) is 29.8 Å². The van der Waals surface area contributed by atoms with E-state index in [2.05, 4.69) is 52.1 Å². The van der Waals surface area contributed by atoms with Crippen LogP contribution in [-0.2, 0) is 0 Å². The topological polar surface area (TPSA) is 21.3 Å². The lowest BCUT2D eigenvalue weighted by Crippen LogP contribution is -2.31. The number of rotatable bonds is 5. The molecule has 1 rings (SSSR count). The van der Waals surface area contributed by atoms with Crippen LogP contribution in [0, 0.1) is 11.3 Å². The van der Waals surface area contributed by atoms with Crippen LogP contribution in [0.1, 0.15) is 46.2 Å². The molecule has 0 saturated carbocycles. The van der Waals surface area contributed by atoms with Gasteiger partial charge in [-0.15, -0.1) is 0 Å². The summed E-state index contributed by atoms with van der Waals surface area (Å²) in [4.78, 5) is 0. The van der Waals surface area contributed by atoms with E-state index in [1.807, 2.05) is 12.1 Å². The van der Waals surface area contributed by atoms with Gasteiger partial charge >= 0.3 is 0 Å². The largest absolute Gasteiger partial charge is 0.497 e. The maximum atomic E-state index is 5.17. The molecule has 102 valence electrons. The van der Waals surface area contributed by atoms with Gasteiger partial charge in [-0.1, -0.05) is 39.8 Å². The lowest BCUT2D eigenvalue weighted by molar-refractivity contribution is 0.247. The van der Waals surface area contributed by atoms with Crippen LogP contribution in [0.5, 0.6) is 5.75 Å². The van der Waals surface area contributed by atoms with Crippen LogP contribution in [0.25, 0.3) is 0 Å². The molecule has 0 bridgehead atoms. The van der Waals surface area contributed by atoms with Gasteiger partial charge in [0, 0.05) is 6.04 Å². The van der Waals surface area contributed by atoms with Gasteiger partial charge in [0.15, 0.2) is 0 Å². The molecule has 2 unspecified atom stereocenters. The highest BCUT2D eigenvalue weighted by molar-refractivity contribution is 5.28. The Morgan fingerprint density at radius 1 is 1.11 bits per heavy atom. The minimum absolute atomic E-state index is 0.354. The van der Waals surface area contributed by atoms with Gasteiger partial charge in [-0.05, 0) is 42.5 Å². The number of ether oxygens (including phenoxy) is 1. The molecule has 18 heavy (non-hydrogen) atoms. The molecule has 0 heterocycles. The smallest absolute Gasteiger partial charge is 0.118 e. The molecule has 2 nitrogen and oxygen atoms in total. The van der Waals surface area contributed by atoms with E-state index in [4.69, 9.17) is 4.74 Å². The van der Waals surface area contributed by atoms with Gasteiger partial charge in [0.25, 0.3) is 0 Å². The van der Waals surface area contributed by atoms with Gasteiger partial charge in [0.05, 0.1) is 7.11 Å². The van der Waals surface area contributed by atoms with Gasteiger partial charge < -0.3 is 10.1 Å². The monoisotopic (exact) mass is 249 g/mol. The predicted molar refractivity (Wildman–Crippen MR) is 78.0 cm³/mol. The lowest BCUT2D eigenvalue weighted by atomic mass is 9.82. The van der Waals surface area contributed by atoms with Gasteiger partial charge in [-0.25, -0.2) is 0 Å². The fraction of sp³-hybridized carbons (Fsp3) is 0.625. The Hall–Kier alpha value is -1.02. The van der Waals surface area contributed by atoms with E-state index in [0.717, 1.165) is 12.3 Å². The first-order chi connectivity index (χ1) is 8.34. The quantitative estimate of drug-likeness (QED) is 0.850. The molecule has 1 aromatic carbocycles. The summed E-state index contributed by atoms with van der Waals surface area (Å²) in [6.45, 7) is 12.4. The Kier molecular flexibility index (Phi) is 5.21. The summed E-state index contributed by atoms with van der Waals surface area (Å²) >= 11 is 0. The Morgan fingerprint density at radius 2 is 1.67 bits per heavy atom. The van der Waals surface area contributed by atoms with E-state index in [1.54, 1.807) is 7.11 Å². The van der Waals surface area contributed by atoms with Crippen molar-refractivity contribution in [3.8, 4) is 5.75 Å². The van der Waals surface area contributed by atoms with E-state index < -0.39 is 0 Å². The van der Waals surface area contributed by atoms with E-state index in [9.17, 15) is 0 Å². The minimum Gasteiger partial charge on any atom is -0.497 e. The second kappa shape index (κ2) is 6.24. The second-order valence-electron chi connectivity index (χ2n) is 6.17. The molecule has 0 aliphatic rings. The second-order valence-corrected chi connectivity index (χ2v) is 6.17. The number of nitrogens with one attached hydrogen (secondary N) is 1. The van der Waals surface area contributed by atoms with Crippen LogP contribution in [-0.4, -0.2) is 13.7 Å². The Labute approximate surface area is 112 Å². The molecular weight excluding hydrogens is 222 g/mol. The zero-order valence-corrected chi connectivity index (χ0v) is 12.6. The number of benzene rings is 1. The fourth-order valence-electron chi connectivity index (χ4n) is 1.67. The van der Waals surface area contributed by atoms with Gasteiger partial charge in [0.1, 0.15) is 5.75 Å². The normalized spacial score (nSPS) is 15.2. The maximum Gasteiger partial charge on any atom is 0.118 e. The fourth-order valence-corrected chi connectivity index (χ4v) is 1.67. The molecule has 0 amide bonds. The number of methoxy groups -OCH3 is 1. The van der Waals surface area contributed by atoms with E-state index >= 15 is 0 Å². The van der Waals surface area contributed by atoms with Crippen LogP contribution in [0.2, 0.25) is 0 Å². The zero-order chi connectivity index (χ0) is 13.8. The molecule has 0 radical (unpaired) electrons. The van der Waals surface area contributed by atoms with Gasteiger partial charge in [-0.2, -0.15) is 0 Å². The first kappa shape index (κ1) is 15.0. The van der Waals surface area contributed by atoms with Crippen LogP contribution in [0.15, 0.2) is 24.3 Å². The highest BCUT2D eigenvalue weighted by Gasteiger charge is 2.20. The average molecular weight is 249 g/mol. The minimum atomic E-state index is 0.354. The Bertz CT molecular complexity index is 350. The van der Waals surface area contributed by atoms with Crippen LogP contribution >= 0.6 is 0 Å². The average Bonchev–Trinajstić information content (AvgIpc) is 2.34. The predicted octanol–water partition coefficient (Wildman–Crippen LogP) is 4.03. The van der Waals surface area contributed by atoms with E-state index in [0.29, 0.717) is 17.4 Å². The molecule has 2 atom stereocenters. The standard InChI is InChI=1S/C16H27NO/c1-12(16(3,4)5)11-17-13(2)14-7-9-15(18-6)10-8-14/h7-10,12-13,17H,11H2,1-6H3. The van der Waals surface area contributed by atoms with E-state index in [-0.39, 0.29) is 0 Å². The molecule has 0 saturated heterocycles.